The summed E-state index contributed by atoms with van der Waals surface area (Å²) in [6, 6.07) is 15.4. The first kappa shape index (κ1) is 20.0. The van der Waals surface area contributed by atoms with Crippen LogP contribution in [0.2, 0.25) is 5.02 Å². The Morgan fingerprint density at radius 2 is 1.91 bits per heavy atom. The molecule has 3 aromatic heterocycles. The number of imidazole rings is 1. The molecule has 0 aliphatic heterocycles. The van der Waals surface area contributed by atoms with Gasteiger partial charge in [-0.3, -0.25) is 0 Å². The van der Waals surface area contributed by atoms with Gasteiger partial charge in [-0.1, -0.05) is 23.7 Å². The zero-order chi connectivity index (χ0) is 22.2. The number of nitrogens with zero attached hydrogens (tertiary/aromatic N) is 6. The predicted octanol–water partition coefficient (Wildman–Crippen LogP) is 4.93. The van der Waals surface area contributed by atoms with E-state index in [1.54, 1.807) is 24.3 Å². The first-order valence-corrected chi connectivity index (χ1v) is 10.3. The number of anilines is 2. The molecule has 32 heavy (non-hydrogen) atoms. The van der Waals surface area contributed by atoms with E-state index in [0.717, 1.165) is 33.8 Å². The number of aromatic nitrogens is 6. The SMILES string of the molecule is COc1cc(Nc2nccc3c2nc(-c2ccccc2Cl)n3C)ccc1-n1cnc(C)n1. The number of rotatable bonds is 5. The van der Waals surface area contributed by atoms with Crippen LogP contribution in [0.3, 0.4) is 0 Å². The molecule has 5 rings (SSSR count). The molecule has 2 aromatic carbocycles. The van der Waals surface area contributed by atoms with Gasteiger partial charge in [-0.25, -0.2) is 19.6 Å². The molecule has 8 nitrogen and oxygen atoms in total. The molecule has 1 N–H and O–H groups in total. The summed E-state index contributed by atoms with van der Waals surface area (Å²) in [5.74, 6) is 2.76. The lowest BCUT2D eigenvalue weighted by molar-refractivity contribution is 0.412. The molecule has 0 saturated heterocycles. The van der Waals surface area contributed by atoms with Crippen LogP contribution in [0.1, 0.15) is 5.82 Å². The molecule has 9 heteroatoms. The van der Waals surface area contributed by atoms with E-state index in [2.05, 4.69) is 20.4 Å². The second-order valence-corrected chi connectivity index (χ2v) is 7.66. The minimum atomic E-state index is 0.641. The summed E-state index contributed by atoms with van der Waals surface area (Å²) < 4.78 is 9.29. The molecule has 5 aromatic rings. The van der Waals surface area contributed by atoms with Crippen molar-refractivity contribution in [1.29, 1.82) is 0 Å². The third-order valence-electron chi connectivity index (χ3n) is 5.21. The van der Waals surface area contributed by atoms with E-state index in [-0.39, 0.29) is 0 Å². The highest BCUT2D eigenvalue weighted by atomic mass is 35.5. The van der Waals surface area contributed by atoms with Crippen LogP contribution in [0.5, 0.6) is 5.75 Å². The second kappa shape index (κ2) is 7.97. The van der Waals surface area contributed by atoms with Crippen LogP contribution in [0.25, 0.3) is 28.1 Å². The van der Waals surface area contributed by atoms with E-state index in [4.69, 9.17) is 21.3 Å². The van der Waals surface area contributed by atoms with E-state index in [0.29, 0.717) is 22.4 Å². The highest BCUT2D eigenvalue weighted by molar-refractivity contribution is 6.33. The highest BCUT2D eigenvalue weighted by Crippen LogP contribution is 2.33. The minimum absolute atomic E-state index is 0.641. The molecular formula is C23H20ClN7O. The number of aryl methyl sites for hydroxylation is 2. The molecule has 0 atom stereocenters. The highest BCUT2D eigenvalue weighted by Gasteiger charge is 2.16. The number of pyridine rings is 1. The summed E-state index contributed by atoms with van der Waals surface area (Å²) >= 11 is 6.42. The van der Waals surface area contributed by atoms with Crippen molar-refractivity contribution in [3.8, 4) is 22.8 Å². The Morgan fingerprint density at radius 1 is 1.06 bits per heavy atom. The fourth-order valence-electron chi connectivity index (χ4n) is 3.64. The van der Waals surface area contributed by atoms with Crippen LogP contribution in [-0.4, -0.2) is 36.4 Å². The van der Waals surface area contributed by atoms with Gasteiger partial charge in [0.2, 0.25) is 0 Å². The summed E-state index contributed by atoms with van der Waals surface area (Å²) in [7, 11) is 3.59. The minimum Gasteiger partial charge on any atom is -0.494 e. The van der Waals surface area contributed by atoms with Crippen molar-refractivity contribution >= 4 is 34.1 Å². The molecular weight excluding hydrogens is 426 g/mol. The number of fused-ring (bicyclic) bond motifs is 1. The fourth-order valence-corrected chi connectivity index (χ4v) is 3.86. The van der Waals surface area contributed by atoms with Gasteiger partial charge in [0, 0.05) is 30.6 Å². The molecule has 0 saturated carbocycles. The van der Waals surface area contributed by atoms with E-state index in [1.807, 2.05) is 67.1 Å². The number of nitrogens with one attached hydrogen (secondary N) is 1. The van der Waals surface area contributed by atoms with Crippen LogP contribution in [0.15, 0.2) is 61.1 Å². The third kappa shape index (κ3) is 3.44. The Hall–Kier alpha value is -3.91. The Bertz CT molecular complexity index is 1440. The van der Waals surface area contributed by atoms with Crippen LogP contribution >= 0.6 is 11.6 Å². The molecule has 0 aliphatic carbocycles. The van der Waals surface area contributed by atoms with Gasteiger partial charge in [-0.05, 0) is 37.3 Å². The molecule has 3 heterocycles. The lowest BCUT2D eigenvalue weighted by atomic mass is 10.2. The van der Waals surface area contributed by atoms with E-state index < -0.39 is 0 Å². The Balaban J connectivity index is 1.55. The van der Waals surface area contributed by atoms with Crippen LogP contribution < -0.4 is 10.1 Å². The summed E-state index contributed by atoms with van der Waals surface area (Å²) in [5, 5.41) is 8.38. The molecule has 0 radical (unpaired) electrons. The van der Waals surface area contributed by atoms with Crippen molar-refractivity contribution in [2.75, 3.05) is 12.4 Å². The van der Waals surface area contributed by atoms with E-state index in [1.165, 1.54) is 0 Å². The molecule has 0 unspecified atom stereocenters. The number of hydrogen-bond acceptors (Lipinski definition) is 6. The Kier molecular flexibility index (Phi) is 4.99. The predicted molar refractivity (Wildman–Crippen MR) is 125 cm³/mol. The normalized spacial score (nSPS) is 11.1. The van der Waals surface area contributed by atoms with Gasteiger partial charge in [0.1, 0.15) is 34.9 Å². The quantitative estimate of drug-likeness (QED) is 0.413. The average molecular weight is 446 g/mol. The molecule has 0 bridgehead atoms. The largest absolute Gasteiger partial charge is 0.494 e. The van der Waals surface area contributed by atoms with Gasteiger partial charge < -0.3 is 14.6 Å². The summed E-state index contributed by atoms with van der Waals surface area (Å²) in [4.78, 5) is 13.6. The maximum Gasteiger partial charge on any atom is 0.158 e. The van der Waals surface area contributed by atoms with Crippen molar-refractivity contribution in [2.24, 2.45) is 7.05 Å². The molecule has 0 amide bonds. The molecule has 0 fully saturated rings. The van der Waals surface area contributed by atoms with Gasteiger partial charge >= 0.3 is 0 Å². The van der Waals surface area contributed by atoms with Crippen molar-refractivity contribution in [2.45, 2.75) is 6.92 Å². The zero-order valence-electron chi connectivity index (χ0n) is 17.7. The van der Waals surface area contributed by atoms with Crippen LogP contribution in [-0.2, 0) is 7.05 Å². The number of ether oxygens (including phenoxy) is 1. The number of methoxy groups -OCH3 is 1. The van der Waals surface area contributed by atoms with Gasteiger partial charge in [0.05, 0.1) is 17.6 Å². The fraction of sp³-hybridized carbons (Fsp3) is 0.130. The van der Waals surface area contributed by atoms with Crippen molar-refractivity contribution in [3.05, 3.63) is 71.9 Å². The summed E-state index contributed by atoms with van der Waals surface area (Å²) in [6.45, 7) is 1.84. The monoisotopic (exact) mass is 445 g/mol. The lowest BCUT2D eigenvalue weighted by Crippen LogP contribution is -2.01. The van der Waals surface area contributed by atoms with Crippen molar-refractivity contribution in [1.82, 2.24) is 29.3 Å². The topological polar surface area (TPSA) is 82.7 Å². The van der Waals surface area contributed by atoms with E-state index in [9.17, 15) is 0 Å². The van der Waals surface area contributed by atoms with Crippen molar-refractivity contribution < 1.29 is 4.74 Å². The third-order valence-corrected chi connectivity index (χ3v) is 5.54. The average Bonchev–Trinajstić information content (AvgIpc) is 3.38. The van der Waals surface area contributed by atoms with Gasteiger partial charge in [-0.2, -0.15) is 5.10 Å². The van der Waals surface area contributed by atoms with Gasteiger partial charge in [0.15, 0.2) is 5.82 Å². The first-order valence-electron chi connectivity index (χ1n) is 9.95. The zero-order valence-corrected chi connectivity index (χ0v) is 18.5. The number of hydrogen-bond donors (Lipinski definition) is 1. The van der Waals surface area contributed by atoms with Gasteiger partial charge in [0.25, 0.3) is 0 Å². The van der Waals surface area contributed by atoms with Gasteiger partial charge in [-0.15, -0.1) is 0 Å². The molecule has 0 spiro atoms. The summed E-state index contributed by atoms with van der Waals surface area (Å²) in [6.07, 6.45) is 3.42. The van der Waals surface area contributed by atoms with Crippen LogP contribution in [0, 0.1) is 6.92 Å². The first-order chi connectivity index (χ1) is 15.5. The second-order valence-electron chi connectivity index (χ2n) is 7.25. The van der Waals surface area contributed by atoms with E-state index >= 15 is 0 Å². The molecule has 160 valence electrons. The maximum absolute atomic E-state index is 6.42. The lowest BCUT2D eigenvalue weighted by Gasteiger charge is -2.12. The maximum atomic E-state index is 6.42. The van der Waals surface area contributed by atoms with Crippen molar-refractivity contribution in [3.63, 3.8) is 0 Å². The Labute approximate surface area is 189 Å². The summed E-state index contributed by atoms with van der Waals surface area (Å²) in [5.41, 5.74) is 4.17. The Morgan fingerprint density at radius 3 is 2.66 bits per heavy atom. The smallest absolute Gasteiger partial charge is 0.158 e. The number of benzene rings is 2. The van der Waals surface area contributed by atoms with Crippen LogP contribution in [0.4, 0.5) is 11.5 Å². The molecule has 0 aliphatic rings. The standard InChI is InChI=1S/C23H20ClN7O/c1-14-26-13-31(29-14)18-9-8-15(12-20(18)32-3)27-22-21-19(10-11-25-22)30(2)23(28-21)16-6-4-5-7-17(16)24/h4-13H,1-3H3,(H,25,27). The number of halogens is 1.